The number of carbonyl (C=O) groups excluding carboxylic acids is 1. The van der Waals surface area contributed by atoms with Gasteiger partial charge in [-0.15, -0.1) is 0 Å². The lowest BCUT2D eigenvalue weighted by molar-refractivity contribution is 0.0304. The van der Waals surface area contributed by atoms with E-state index in [-0.39, 0.29) is 23.4 Å². The number of rotatable bonds is 7. The lowest BCUT2D eigenvalue weighted by atomic mass is 9.85. The molecule has 0 amide bonds. The Morgan fingerprint density at radius 1 is 1.07 bits per heavy atom. The number of pyridine rings is 1. The standard InChI is InChI=1S/C36H39N5O5/c1-22(23-14-17-44-18-15-23)29-19-24-20-37-35(38-25-9-11-26(12-10-25)45-27-13-16-40(4)21-27)39-33(24)41(34(29)43)32-31(42)28-7-5-6-8-30(28)46-36(32,2)3/h5-12,19-20,23,27,32H,1,13-18,21H2,2-4H3,(H,37,38,39). The SMILES string of the molecule is C=C(c1cc2cnc(Nc3ccc(OC4CCN(C)C4)cc3)nc2n(C2C(=O)c3ccccc3OC2(C)C)c1=O)C1CCOCC1. The molecule has 0 radical (unpaired) electrons. The number of likely N-dealkylation sites (tertiary alicyclic amines) is 1. The molecule has 2 saturated heterocycles. The fraction of sp³-hybridized carbons (Fsp3) is 0.389. The van der Waals surface area contributed by atoms with E-state index in [9.17, 15) is 9.59 Å². The number of aromatic nitrogens is 3. The van der Waals surface area contributed by atoms with Crippen molar-refractivity contribution in [3.05, 3.63) is 88.9 Å². The van der Waals surface area contributed by atoms with Crippen LogP contribution in [0.4, 0.5) is 11.6 Å². The predicted molar refractivity (Wildman–Crippen MR) is 177 cm³/mol. The maximum Gasteiger partial charge on any atom is 0.260 e. The molecule has 4 aromatic rings. The number of ether oxygens (including phenoxy) is 3. The molecule has 1 N–H and O–H groups in total. The summed E-state index contributed by atoms with van der Waals surface area (Å²) in [6.07, 6.45) is 4.43. The first-order valence-electron chi connectivity index (χ1n) is 15.9. The van der Waals surface area contributed by atoms with Crippen LogP contribution >= 0.6 is 0 Å². The van der Waals surface area contributed by atoms with Gasteiger partial charge in [-0.25, -0.2) is 4.98 Å². The molecule has 2 fully saturated rings. The van der Waals surface area contributed by atoms with Crippen molar-refractivity contribution in [1.82, 2.24) is 19.4 Å². The number of Topliss-reactive ketones (excluding diaryl/α,β-unsaturated/α-hetero) is 1. The molecule has 2 aromatic carbocycles. The van der Waals surface area contributed by atoms with Gasteiger partial charge in [0.15, 0.2) is 5.78 Å². The number of hydrogen-bond acceptors (Lipinski definition) is 9. The number of carbonyl (C=O) groups is 1. The predicted octanol–water partition coefficient (Wildman–Crippen LogP) is 5.65. The van der Waals surface area contributed by atoms with Gasteiger partial charge < -0.3 is 24.4 Å². The smallest absolute Gasteiger partial charge is 0.260 e. The van der Waals surface area contributed by atoms with Crippen LogP contribution in [-0.4, -0.2) is 70.3 Å². The average Bonchev–Trinajstić information content (AvgIpc) is 3.46. The van der Waals surface area contributed by atoms with Crippen molar-refractivity contribution in [1.29, 1.82) is 0 Å². The highest BCUT2D eigenvalue weighted by Crippen LogP contribution is 2.40. The normalized spacial score (nSPS) is 21.5. The molecule has 7 rings (SSSR count). The van der Waals surface area contributed by atoms with E-state index in [2.05, 4.69) is 28.8 Å². The molecule has 0 spiro atoms. The maximum absolute atomic E-state index is 14.5. The van der Waals surface area contributed by atoms with E-state index < -0.39 is 11.6 Å². The van der Waals surface area contributed by atoms with Crippen molar-refractivity contribution in [2.75, 3.05) is 38.7 Å². The van der Waals surface area contributed by atoms with Crippen molar-refractivity contribution in [3.8, 4) is 11.5 Å². The first kappa shape index (κ1) is 30.1. The van der Waals surface area contributed by atoms with Gasteiger partial charge in [-0.2, -0.15) is 4.98 Å². The second-order valence-corrected chi connectivity index (χ2v) is 13.0. The Labute approximate surface area is 268 Å². The maximum atomic E-state index is 14.5. The summed E-state index contributed by atoms with van der Waals surface area (Å²) in [7, 11) is 2.10. The Morgan fingerprint density at radius 3 is 2.57 bits per heavy atom. The topological polar surface area (TPSA) is 108 Å². The Balaban J connectivity index is 1.29. The van der Waals surface area contributed by atoms with Crippen LogP contribution in [0.2, 0.25) is 0 Å². The molecule has 0 saturated carbocycles. The van der Waals surface area contributed by atoms with Gasteiger partial charge in [0.25, 0.3) is 5.56 Å². The van der Waals surface area contributed by atoms with Crippen LogP contribution in [0.15, 0.2) is 72.2 Å². The van der Waals surface area contributed by atoms with Crippen molar-refractivity contribution in [2.45, 2.75) is 50.9 Å². The Kier molecular flexibility index (Phi) is 7.86. The van der Waals surface area contributed by atoms with Crippen molar-refractivity contribution < 1.29 is 19.0 Å². The molecule has 0 bridgehead atoms. The second kappa shape index (κ2) is 12.0. The molecule has 238 valence electrons. The molecule has 46 heavy (non-hydrogen) atoms. The minimum atomic E-state index is -1.05. The van der Waals surface area contributed by atoms with Gasteiger partial charge in [0, 0.05) is 49.1 Å². The second-order valence-electron chi connectivity index (χ2n) is 13.0. The fourth-order valence-corrected chi connectivity index (χ4v) is 6.83. The zero-order valence-corrected chi connectivity index (χ0v) is 26.5. The number of likely N-dealkylation sites (N-methyl/N-ethyl adjacent to an activating group) is 1. The fourth-order valence-electron chi connectivity index (χ4n) is 6.83. The molecule has 0 aliphatic carbocycles. The van der Waals surface area contributed by atoms with Gasteiger partial charge in [-0.3, -0.25) is 14.2 Å². The number of nitrogens with zero attached hydrogens (tertiary/aromatic N) is 4. The number of hydrogen-bond donors (Lipinski definition) is 1. The lowest BCUT2D eigenvalue weighted by Crippen LogP contribution is -2.50. The highest BCUT2D eigenvalue weighted by atomic mass is 16.5. The van der Waals surface area contributed by atoms with E-state index in [1.54, 1.807) is 30.5 Å². The number of ketones is 1. The summed E-state index contributed by atoms with van der Waals surface area (Å²) in [4.78, 5) is 40.4. The van der Waals surface area contributed by atoms with Crippen LogP contribution in [0.25, 0.3) is 16.6 Å². The molecule has 5 heterocycles. The molecule has 3 aliphatic rings. The first-order chi connectivity index (χ1) is 22.2. The van der Waals surface area contributed by atoms with Gasteiger partial charge in [0.1, 0.15) is 34.9 Å². The average molecular weight is 622 g/mol. The Morgan fingerprint density at radius 2 is 1.83 bits per heavy atom. The summed E-state index contributed by atoms with van der Waals surface area (Å²) < 4.78 is 19.6. The lowest BCUT2D eigenvalue weighted by Gasteiger charge is -2.40. The third-order valence-corrected chi connectivity index (χ3v) is 9.29. The number of fused-ring (bicyclic) bond motifs is 2. The summed E-state index contributed by atoms with van der Waals surface area (Å²) in [6.45, 7) is 11.2. The zero-order valence-electron chi connectivity index (χ0n) is 26.5. The molecule has 2 atom stereocenters. The van der Waals surface area contributed by atoms with E-state index >= 15 is 0 Å². The largest absolute Gasteiger partial charge is 0.489 e. The summed E-state index contributed by atoms with van der Waals surface area (Å²) >= 11 is 0. The van der Waals surface area contributed by atoms with Crippen molar-refractivity contribution in [3.63, 3.8) is 0 Å². The molecule has 3 aliphatic heterocycles. The summed E-state index contributed by atoms with van der Waals surface area (Å²) in [5.41, 5.74) is 1.34. The van der Waals surface area contributed by atoms with E-state index in [4.69, 9.17) is 19.2 Å². The van der Waals surface area contributed by atoms with Crippen molar-refractivity contribution >= 4 is 34.0 Å². The Bertz CT molecular complexity index is 1860. The number of nitrogens with one attached hydrogen (secondary N) is 1. The van der Waals surface area contributed by atoms with E-state index in [0.29, 0.717) is 47.1 Å². The molecule has 2 unspecified atom stereocenters. The minimum absolute atomic E-state index is 0.0998. The summed E-state index contributed by atoms with van der Waals surface area (Å²) in [6, 6.07) is 15.6. The quantitative estimate of drug-likeness (QED) is 0.280. The number of benzene rings is 2. The van der Waals surface area contributed by atoms with Gasteiger partial charge >= 0.3 is 0 Å². The minimum Gasteiger partial charge on any atom is -0.489 e. The third kappa shape index (κ3) is 5.67. The van der Waals surface area contributed by atoms with E-state index in [1.165, 1.54) is 4.57 Å². The highest BCUT2D eigenvalue weighted by Gasteiger charge is 2.46. The molecular formula is C36H39N5O5. The van der Waals surface area contributed by atoms with Crippen LogP contribution in [-0.2, 0) is 4.74 Å². The van der Waals surface area contributed by atoms with Gasteiger partial charge in [0.2, 0.25) is 5.95 Å². The van der Waals surface area contributed by atoms with E-state index in [0.717, 1.165) is 49.4 Å². The van der Waals surface area contributed by atoms with Crippen molar-refractivity contribution in [2.24, 2.45) is 5.92 Å². The van der Waals surface area contributed by atoms with Gasteiger partial charge in [0.05, 0.1) is 5.56 Å². The number of allylic oxidation sites excluding steroid dienone is 1. The van der Waals surface area contributed by atoms with Crippen LogP contribution in [0.1, 0.15) is 55.1 Å². The van der Waals surface area contributed by atoms with Crippen LogP contribution in [0.5, 0.6) is 11.5 Å². The number of anilines is 2. The zero-order chi connectivity index (χ0) is 32.0. The highest BCUT2D eigenvalue weighted by molar-refractivity contribution is 6.04. The summed E-state index contributed by atoms with van der Waals surface area (Å²) in [5.74, 6) is 1.49. The number of para-hydroxylation sites is 1. The van der Waals surface area contributed by atoms with Gasteiger partial charge in [-0.1, -0.05) is 18.7 Å². The molecule has 10 nitrogen and oxygen atoms in total. The van der Waals surface area contributed by atoms with Gasteiger partial charge in [-0.05, 0) is 94.1 Å². The third-order valence-electron chi connectivity index (χ3n) is 9.29. The van der Waals surface area contributed by atoms with Crippen LogP contribution in [0.3, 0.4) is 0 Å². The molecular weight excluding hydrogens is 582 g/mol. The van der Waals surface area contributed by atoms with Crippen LogP contribution in [0, 0.1) is 5.92 Å². The first-order valence-corrected chi connectivity index (χ1v) is 15.9. The molecule has 10 heteroatoms. The van der Waals surface area contributed by atoms with E-state index in [1.807, 2.05) is 44.2 Å². The molecule has 2 aromatic heterocycles. The monoisotopic (exact) mass is 621 g/mol. The summed E-state index contributed by atoms with van der Waals surface area (Å²) in [5, 5.41) is 3.89. The van der Waals surface area contributed by atoms with Crippen LogP contribution < -0.4 is 20.3 Å². The Hall–Kier alpha value is -4.54.